The maximum atomic E-state index is 12.2. The number of aliphatic carboxylic acids is 3. The summed E-state index contributed by atoms with van der Waals surface area (Å²) in [6.07, 6.45) is 18.0. The first kappa shape index (κ1) is 41.5. The molecule has 0 aliphatic rings. The van der Waals surface area contributed by atoms with Crippen LogP contribution in [-0.2, 0) is 33.6 Å². The van der Waals surface area contributed by atoms with Crippen molar-refractivity contribution in [3.8, 4) is 0 Å². The zero-order valence-corrected chi connectivity index (χ0v) is 26.7. The molecule has 0 aromatic carbocycles. The van der Waals surface area contributed by atoms with Crippen LogP contribution in [0.4, 0.5) is 0 Å². The Bertz CT molecular complexity index is 896. The number of carboxylic acids is 3. The number of carbonyl (C=O) groups is 7. The lowest BCUT2D eigenvalue weighted by Gasteiger charge is -2.15. The summed E-state index contributed by atoms with van der Waals surface area (Å²) in [6, 6.07) is -2.50. The van der Waals surface area contributed by atoms with Crippen molar-refractivity contribution in [1.82, 2.24) is 16.0 Å². The van der Waals surface area contributed by atoms with Crippen molar-refractivity contribution < 1.29 is 48.9 Å². The van der Waals surface area contributed by atoms with E-state index in [1.165, 1.54) is 51.4 Å². The van der Waals surface area contributed by atoms with Gasteiger partial charge in [0.1, 0.15) is 18.4 Å². The quantitative estimate of drug-likeness (QED) is 0.0470. The van der Waals surface area contributed by atoms with E-state index in [0.717, 1.165) is 44.9 Å². The van der Waals surface area contributed by atoms with Gasteiger partial charge in [0.25, 0.3) is 0 Å². The maximum Gasteiger partial charge on any atom is 0.326 e. The molecule has 0 bridgehead atoms. The lowest BCUT2D eigenvalue weighted by Crippen LogP contribution is -2.46. The summed E-state index contributed by atoms with van der Waals surface area (Å²) in [5.41, 5.74) is 0. The van der Waals surface area contributed by atoms with E-state index in [9.17, 15) is 38.7 Å². The second-order valence-electron chi connectivity index (χ2n) is 11.5. The Labute approximate surface area is 266 Å². The summed E-state index contributed by atoms with van der Waals surface area (Å²) in [5.74, 6) is -5.05. The Morgan fingerprint density at radius 1 is 0.489 bits per heavy atom. The van der Waals surface area contributed by atoms with Crippen LogP contribution in [0.5, 0.6) is 0 Å². The number of nitrogens with one attached hydrogen (secondary N) is 3. The van der Waals surface area contributed by atoms with E-state index >= 15 is 0 Å². The Balaban J connectivity index is 3.84. The molecule has 0 heterocycles. The maximum absolute atomic E-state index is 12.2. The van der Waals surface area contributed by atoms with Gasteiger partial charge in [-0.3, -0.25) is 19.2 Å². The number of hydrogen-bond acceptors (Lipinski definition) is 7. The fourth-order valence-electron chi connectivity index (χ4n) is 4.84. The molecule has 258 valence electrons. The molecule has 0 radical (unpaired) electrons. The molecule has 0 aliphatic carbocycles. The number of rotatable bonds is 31. The Hall–Kier alpha value is -3.51. The highest BCUT2D eigenvalue weighted by molar-refractivity contribution is 5.88. The van der Waals surface area contributed by atoms with Gasteiger partial charge in [0.2, 0.25) is 17.7 Å². The van der Waals surface area contributed by atoms with E-state index in [0.29, 0.717) is 12.7 Å². The predicted molar refractivity (Wildman–Crippen MR) is 167 cm³/mol. The fraction of sp³-hybridized carbons (Fsp3) is 0.781. The number of aldehydes is 1. The monoisotopic (exact) mass is 641 g/mol. The number of amides is 3. The minimum absolute atomic E-state index is 0.0452. The lowest BCUT2D eigenvalue weighted by atomic mass is 10.0. The molecule has 0 saturated heterocycles. The minimum Gasteiger partial charge on any atom is -0.481 e. The third-order valence-corrected chi connectivity index (χ3v) is 7.49. The van der Waals surface area contributed by atoms with Gasteiger partial charge in [0.05, 0.1) is 6.54 Å². The van der Waals surface area contributed by atoms with Crippen LogP contribution in [0, 0.1) is 0 Å². The zero-order chi connectivity index (χ0) is 33.7. The van der Waals surface area contributed by atoms with Crippen molar-refractivity contribution in [2.75, 3.05) is 6.54 Å². The molecule has 0 rings (SSSR count). The van der Waals surface area contributed by atoms with Gasteiger partial charge in [-0.05, 0) is 25.7 Å². The summed E-state index contributed by atoms with van der Waals surface area (Å²) >= 11 is 0. The molecule has 0 aromatic rings. The second kappa shape index (κ2) is 28.0. The van der Waals surface area contributed by atoms with Gasteiger partial charge in [-0.2, -0.15) is 0 Å². The van der Waals surface area contributed by atoms with Gasteiger partial charge >= 0.3 is 17.9 Å². The van der Waals surface area contributed by atoms with E-state index in [2.05, 4.69) is 16.0 Å². The van der Waals surface area contributed by atoms with Gasteiger partial charge in [0.15, 0.2) is 0 Å². The van der Waals surface area contributed by atoms with Gasteiger partial charge < -0.3 is 36.1 Å². The average Bonchev–Trinajstić information content (AvgIpc) is 2.99. The molecule has 13 heteroatoms. The van der Waals surface area contributed by atoms with Crippen LogP contribution in [0.1, 0.15) is 141 Å². The highest BCUT2D eigenvalue weighted by atomic mass is 16.4. The van der Waals surface area contributed by atoms with E-state index in [-0.39, 0.29) is 38.5 Å². The first-order chi connectivity index (χ1) is 21.6. The molecule has 45 heavy (non-hydrogen) atoms. The van der Waals surface area contributed by atoms with Crippen LogP contribution < -0.4 is 16.0 Å². The van der Waals surface area contributed by atoms with Gasteiger partial charge in [-0.1, -0.05) is 89.9 Å². The summed E-state index contributed by atoms with van der Waals surface area (Å²) in [5, 5.41) is 34.0. The van der Waals surface area contributed by atoms with Crippen molar-refractivity contribution in [3.63, 3.8) is 0 Å². The molecule has 2 atom stereocenters. The molecule has 3 amide bonds. The highest BCUT2D eigenvalue weighted by Crippen LogP contribution is 2.14. The predicted octanol–water partition coefficient (Wildman–Crippen LogP) is 4.11. The van der Waals surface area contributed by atoms with Crippen molar-refractivity contribution in [1.29, 1.82) is 0 Å². The normalized spacial score (nSPS) is 12.1. The molecule has 0 aliphatic heterocycles. The zero-order valence-electron chi connectivity index (χ0n) is 26.7. The molecular weight excluding hydrogens is 586 g/mol. The van der Waals surface area contributed by atoms with Gasteiger partial charge in [-0.15, -0.1) is 0 Å². The van der Waals surface area contributed by atoms with Crippen molar-refractivity contribution in [2.24, 2.45) is 0 Å². The van der Waals surface area contributed by atoms with Crippen LogP contribution in [0.25, 0.3) is 0 Å². The Morgan fingerprint density at radius 3 is 1.31 bits per heavy atom. The summed E-state index contributed by atoms with van der Waals surface area (Å²) in [7, 11) is 0. The molecule has 2 unspecified atom stereocenters. The first-order valence-electron chi connectivity index (χ1n) is 16.5. The van der Waals surface area contributed by atoms with E-state index in [4.69, 9.17) is 10.2 Å². The summed E-state index contributed by atoms with van der Waals surface area (Å²) in [6.45, 7) is -0.505. The molecule has 13 nitrogen and oxygen atoms in total. The molecule has 0 spiro atoms. The molecular formula is C32H55N3O10. The van der Waals surface area contributed by atoms with E-state index in [1.54, 1.807) is 0 Å². The topological polar surface area (TPSA) is 216 Å². The van der Waals surface area contributed by atoms with Gasteiger partial charge in [0, 0.05) is 25.7 Å². The molecule has 0 aromatic heterocycles. The standard InChI is InChI=1S/C32H55N3O10/c36-23-17-18-25(31(42)43)35-29(39)24-33-27(37)22-21-26(32(44)45)34-28(38)19-15-13-11-9-7-5-3-1-2-4-6-8-10-12-14-16-20-30(40)41/h23,25-26H,1-22,24H2,(H,33,37)(H,34,38)(H,35,39)(H,40,41)(H,42,43)(H,44,45). The minimum atomic E-state index is -1.30. The largest absolute Gasteiger partial charge is 0.481 e. The Kier molecular flexibility index (Phi) is 25.8. The second-order valence-corrected chi connectivity index (χ2v) is 11.5. The van der Waals surface area contributed by atoms with Gasteiger partial charge in [-0.25, -0.2) is 9.59 Å². The van der Waals surface area contributed by atoms with Crippen LogP contribution in [-0.4, -0.2) is 75.9 Å². The van der Waals surface area contributed by atoms with Crippen molar-refractivity contribution in [3.05, 3.63) is 0 Å². The van der Waals surface area contributed by atoms with Crippen LogP contribution in [0.3, 0.4) is 0 Å². The van der Waals surface area contributed by atoms with Crippen molar-refractivity contribution in [2.45, 2.75) is 153 Å². The smallest absolute Gasteiger partial charge is 0.326 e. The number of carboxylic acid groups (broad SMARTS) is 3. The van der Waals surface area contributed by atoms with Crippen molar-refractivity contribution >= 4 is 41.9 Å². The molecule has 0 fully saturated rings. The van der Waals surface area contributed by atoms with Crippen LogP contribution in [0.15, 0.2) is 0 Å². The average molecular weight is 642 g/mol. The van der Waals surface area contributed by atoms with Crippen LogP contribution >= 0.6 is 0 Å². The van der Waals surface area contributed by atoms with Crippen LogP contribution in [0.2, 0.25) is 0 Å². The Morgan fingerprint density at radius 2 is 0.889 bits per heavy atom. The third-order valence-electron chi connectivity index (χ3n) is 7.49. The highest BCUT2D eigenvalue weighted by Gasteiger charge is 2.22. The summed E-state index contributed by atoms with van der Waals surface area (Å²) in [4.78, 5) is 79.7. The molecule has 0 saturated carbocycles. The van der Waals surface area contributed by atoms with E-state index < -0.39 is 54.3 Å². The molecule has 6 N–H and O–H groups in total. The fourth-order valence-corrected chi connectivity index (χ4v) is 4.84. The third kappa shape index (κ3) is 26.6. The summed E-state index contributed by atoms with van der Waals surface area (Å²) < 4.78 is 0. The number of carbonyl (C=O) groups excluding carboxylic acids is 4. The number of unbranched alkanes of at least 4 members (excludes halogenated alkanes) is 15. The number of hydrogen-bond donors (Lipinski definition) is 6. The lowest BCUT2D eigenvalue weighted by molar-refractivity contribution is -0.142. The van der Waals surface area contributed by atoms with E-state index in [1.807, 2.05) is 0 Å². The first-order valence-corrected chi connectivity index (χ1v) is 16.5. The SMILES string of the molecule is O=CCCC(NC(=O)CNC(=O)CCC(NC(=O)CCCCCCCCCCCCCCCCCCC(=O)O)C(=O)O)C(=O)O.